The van der Waals surface area contributed by atoms with E-state index in [0.717, 1.165) is 19.5 Å². The molecule has 0 aromatic carbocycles. The number of ether oxygens (including phenoxy) is 1. The molecule has 2 unspecified atom stereocenters. The molecular weight excluding hydrogens is 173 g/mol. The van der Waals surface area contributed by atoms with Crippen molar-refractivity contribution in [1.82, 2.24) is 4.90 Å². The third-order valence-corrected chi connectivity index (χ3v) is 2.33. The smallest absolute Gasteiger partial charge is 0.117 e. The number of β-amino-alcohol motifs (C(OH)–C–C–N with tert-alkyl or cyclic N) is 1. The van der Waals surface area contributed by atoms with Crippen LogP contribution in [0.25, 0.3) is 0 Å². The Bertz CT molecular complexity index is 144. The lowest BCUT2D eigenvalue weighted by Gasteiger charge is -2.33. The summed E-state index contributed by atoms with van der Waals surface area (Å²) in [5, 5.41) is 9.11. The Balaban J connectivity index is 2.25. The maximum Gasteiger partial charge on any atom is 0.117 e. The maximum absolute atomic E-state index is 12.0. The first kappa shape index (κ1) is 10.9. The van der Waals surface area contributed by atoms with Crippen LogP contribution in [0.4, 0.5) is 4.39 Å². The monoisotopic (exact) mass is 191 g/mol. The van der Waals surface area contributed by atoms with E-state index >= 15 is 0 Å². The fourth-order valence-corrected chi connectivity index (χ4v) is 1.54. The molecule has 0 spiro atoms. The van der Waals surface area contributed by atoms with E-state index in [-0.39, 0.29) is 6.10 Å². The van der Waals surface area contributed by atoms with Crippen LogP contribution < -0.4 is 0 Å². The highest BCUT2D eigenvalue weighted by atomic mass is 19.1. The van der Waals surface area contributed by atoms with Crippen LogP contribution in [-0.2, 0) is 4.74 Å². The van der Waals surface area contributed by atoms with Crippen LogP contribution in [-0.4, -0.2) is 55.1 Å². The second-order valence-corrected chi connectivity index (χ2v) is 3.47. The highest BCUT2D eigenvalue weighted by molar-refractivity contribution is 4.72. The molecule has 1 aliphatic rings. The third kappa shape index (κ3) is 3.58. The molecule has 2 atom stereocenters. The Kier molecular flexibility index (Phi) is 4.62. The second kappa shape index (κ2) is 5.52. The Morgan fingerprint density at radius 1 is 1.69 bits per heavy atom. The fourth-order valence-electron chi connectivity index (χ4n) is 1.54. The van der Waals surface area contributed by atoms with Gasteiger partial charge in [-0.25, -0.2) is 4.39 Å². The quantitative estimate of drug-likeness (QED) is 0.699. The van der Waals surface area contributed by atoms with Crippen LogP contribution in [0.15, 0.2) is 0 Å². The number of hydrogen-bond acceptors (Lipinski definition) is 3. The average Bonchev–Trinajstić information content (AvgIpc) is 2.18. The predicted octanol–water partition coefficient (Wildman–Crippen LogP) is 0.428. The zero-order chi connectivity index (χ0) is 9.68. The zero-order valence-electron chi connectivity index (χ0n) is 8.08. The van der Waals surface area contributed by atoms with E-state index in [4.69, 9.17) is 9.84 Å². The van der Waals surface area contributed by atoms with E-state index in [1.54, 1.807) is 0 Å². The number of aliphatic hydroxyl groups excluding tert-OH is 1. The molecule has 1 rings (SSSR count). The Morgan fingerprint density at radius 2 is 2.46 bits per heavy atom. The summed E-state index contributed by atoms with van der Waals surface area (Å²) in [6.45, 7) is 4.14. The van der Waals surface area contributed by atoms with Gasteiger partial charge in [0.25, 0.3) is 0 Å². The lowest BCUT2D eigenvalue weighted by Crippen LogP contribution is -2.45. The SMILES string of the molecule is CCC1CN(CC(O)CF)CCO1. The van der Waals surface area contributed by atoms with Gasteiger partial charge in [0.05, 0.1) is 18.8 Å². The molecule has 0 saturated carbocycles. The minimum absolute atomic E-state index is 0.251. The molecule has 0 radical (unpaired) electrons. The van der Waals surface area contributed by atoms with Crippen LogP contribution in [0.2, 0.25) is 0 Å². The molecule has 1 N–H and O–H groups in total. The Labute approximate surface area is 78.5 Å². The number of rotatable bonds is 4. The molecule has 1 saturated heterocycles. The summed E-state index contributed by atoms with van der Waals surface area (Å²) in [6.07, 6.45) is 0.388. The van der Waals surface area contributed by atoms with E-state index in [9.17, 15) is 4.39 Å². The molecule has 13 heavy (non-hydrogen) atoms. The Hall–Kier alpha value is -0.190. The minimum Gasteiger partial charge on any atom is -0.389 e. The molecule has 0 aromatic rings. The van der Waals surface area contributed by atoms with Gasteiger partial charge >= 0.3 is 0 Å². The van der Waals surface area contributed by atoms with Crippen molar-refractivity contribution in [3.8, 4) is 0 Å². The fraction of sp³-hybridized carbons (Fsp3) is 1.00. The van der Waals surface area contributed by atoms with E-state index in [1.165, 1.54) is 0 Å². The normalized spacial score (nSPS) is 27.5. The topological polar surface area (TPSA) is 32.7 Å². The van der Waals surface area contributed by atoms with E-state index in [2.05, 4.69) is 11.8 Å². The zero-order valence-corrected chi connectivity index (χ0v) is 8.08. The Morgan fingerprint density at radius 3 is 3.08 bits per heavy atom. The molecule has 78 valence electrons. The van der Waals surface area contributed by atoms with E-state index < -0.39 is 12.8 Å². The van der Waals surface area contributed by atoms with Crippen molar-refractivity contribution in [1.29, 1.82) is 0 Å². The van der Waals surface area contributed by atoms with Gasteiger partial charge < -0.3 is 9.84 Å². The van der Waals surface area contributed by atoms with Gasteiger partial charge in [-0.3, -0.25) is 4.90 Å². The minimum atomic E-state index is -0.837. The van der Waals surface area contributed by atoms with Crippen molar-refractivity contribution >= 4 is 0 Å². The van der Waals surface area contributed by atoms with Gasteiger partial charge in [-0.15, -0.1) is 0 Å². The van der Waals surface area contributed by atoms with Gasteiger partial charge in [0.2, 0.25) is 0 Å². The number of halogens is 1. The van der Waals surface area contributed by atoms with Gasteiger partial charge in [-0.2, -0.15) is 0 Å². The third-order valence-electron chi connectivity index (χ3n) is 2.33. The van der Waals surface area contributed by atoms with Crippen LogP contribution in [0, 0.1) is 0 Å². The van der Waals surface area contributed by atoms with Crippen LogP contribution >= 0.6 is 0 Å². The molecule has 0 aromatic heterocycles. The van der Waals surface area contributed by atoms with Crippen LogP contribution in [0.5, 0.6) is 0 Å². The lowest BCUT2D eigenvalue weighted by molar-refractivity contribution is -0.0433. The largest absolute Gasteiger partial charge is 0.389 e. The van der Waals surface area contributed by atoms with Crippen LogP contribution in [0.3, 0.4) is 0 Å². The number of hydrogen-bond donors (Lipinski definition) is 1. The van der Waals surface area contributed by atoms with Crippen molar-refractivity contribution < 1.29 is 14.2 Å². The molecule has 0 bridgehead atoms. The summed E-state index contributed by atoms with van der Waals surface area (Å²) in [7, 11) is 0. The molecule has 0 aliphatic carbocycles. The lowest BCUT2D eigenvalue weighted by atomic mass is 10.2. The summed E-state index contributed by atoms with van der Waals surface area (Å²) in [5.74, 6) is 0. The summed E-state index contributed by atoms with van der Waals surface area (Å²) in [4.78, 5) is 2.06. The maximum atomic E-state index is 12.0. The number of morpholine rings is 1. The van der Waals surface area contributed by atoms with Crippen molar-refractivity contribution in [2.45, 2.75) is 25.6 Å². The van der Waals surface area contributed by atoms with Gasteiger partial charge in [0.1, 0.15) is 6.67 Å². The standard InChI is InChI=1S/C9H18FNO2/c1-2-9-7-11(3-4-13-9)6-8(12)5-10/h8-9,12H,2-7H2,1H3. The van der Waals surface area contributed by atoms with Crippen LogP contribution in [0.1, 0.15) is 13.3 Å². The first-order chi connectivity index (χ1) is 6.26. The summed E-state index contributed by atoms with van der Waals surface area (Å²) in [5.41, 5.74) is 0. The predicted molar refractivity (Wildman–Crippen MR) is 48.5 cm³/mol. The van der Waals surface area contributed by atoms with Crippen molar-refractivity contribution in [3.63, 3.8) is 0 Å². The molecule has 4 heteroatoms. The number of nitrogens with zero attached hydrogens (tertiary/aromatic N) is 1. The van der Waals surface area contributed by atoms with Crippen molar-refractivity contribution in [2.24, 2.45) is 0 Å². The molecular formula is C9H18FNO2. The number of alkyl halides is 1. The van der Waals surface area contributed by atoms with E-state index in [1.807, 2.05) is 0 Å². The molecule has 1 heterocycles. The van der Waals surface area contributed by atoms with Gasteiger partial charge in [0.15, 0.2) is 0 Å². The van der Waals surface area contributed by atoms with Gasteiger partial charge in [-0.1, -0.05) is 6.92 Å². The first-order valence-electron chi connectivity index (χ1n) is 4.84. The van der Waals surface area contributed by atoms with E-state index in [0.29, 0.717) is 13.2 Å². The molecule has 1 fully saturated rings. The number of aliphatic hydroxyl groups is 1. The summed E-state index contributed by atoms with van der Waals surface area (Å²) in [6, 6.07) is 0. The average molecular weight is 191 g/mol. The summed E-state index contributed by atoms with van der Waals surface area (Å²) >= 11 is 0. The molecule has 0 amide bonds. The van der Waals surface area contributed by atoms with Gasteiger partial charge in [0, 0.05) is 19.6 Å². The van der Waals surface area contributed by atoms with Crippen molar-refractivity contribution in [2.75, 3.05) is 32.9 Å². The first-order valence-corrected chi connectivity index (χ1v) is 4.84. The van der Waals surface area contributed by atoms with Gasteiger partial charge in [-0.05, 0) is 6.42 Å². The highest BCUT2D eigenvalue weighted by Crippen LogP contribution is 2.08. The molecule has 1 aliphatic heterocycles. The summed E-state index contributed by atoms with van der Waals surface area (Å²) < 4.78 is 17.5. The second-order valence-electron chi connectivity index (χ2n) is 3.47. The highest BCUT2D eigenvalue weighted by Gasteiger charge is 2.20. The molecule has 3 nitrogen and oxygen atoms in total. The van der Waals surface area contributed by atoms with Crippen molar-refractivity contribution in [3.05, 3.63) is 0 Å².